The third-order valence-corrected chi connectivity index (χ3v) is 5.53. The Hall–Kier alpha value is -3.43. The first-order valence-corrected chi connectivity index (χ1v) is 10.4. The fraction of sp³-hybridized carbons (Fsp3) is 0.320. The van der Waals surface area contributed by atoms with Crippen molar-refractivity contribution in [2.45, 2.75) is 25.7 Å². The van der Waals surface area contributed by atoms with Crippen molar-refractivity contribution in [1.82, 2.24) is 0 Å². The molecular formula is C25H26N2O4. The zero-order valence-electron chi connectivity index (χ0n) is 17.4. The second-order valence-electron chi connectivity index (χ2n) is 7.53. The molecule has 0 aromatic heterocycles. The van der Waals surface area contributed by atoms with Gasteiger partial charge in [0.15, 0.2) is 0 Å². The highest BCUT2D eigenvalue weighted by Crippen LogP contribution is 2.36. The van der Waals surface area contributed by atoms with Crippen molar-refractivity contribution < 1.29 is 14.4 Å². The van der Waals surface area contributed by atoms with Gasteiger partial charge < -0.3 is 9.47 Å². The highest BCUT2D eigenvalue weighted by atomic mass is 16.6. The highest BCUT2D eigenvalue weighted by molar-refractivity contribution is 5.67. The van der Waals surface area contributed by atoms with Crippen LogP contribution in [0.3, 0.4) is 0 Å². The minimum atomic E-state index is -0.430. The number of hydrogen-bond acceptors (Lipinski definition) is 5. The Morgan fingerprint density at radius 2 is 2.00 bits per heavy atom. The van der Waals surface area contributed by atoms with Crippen LogP contribution in [0.4, 0.5) is 5.69 Å². The van der Waals surface area contributed by atoms with Gasteiger partial charge in [-0.25, -0.2) is 0 Å². The van der Waals surface area contributed by atoms with Gasteiger partial charge >= 0.3 is 0 Å². The molecule has 6 heteroatoms. The van der Waals surface area contributed by atoms with Crippen molar-refractivity contribution in [3.8, 4) is 17.6 Å². The molecule has 0 N–H and O–H groups in total. The Kier molecular flexibility index (Phi) is 7.97. The molecule has 3 rings (SSSR count). The van der Waals surface area contributed by atoms with E-state index in [1.807, 2.05) is 36.4 Å². The number of nitro groups is 1. The summed E-state index contributed by atoms with van der Waals surface area (Å²) >= 11 is 0. The van der Waals surface area contributed by atoms with Crippen LogP contribution in [-0.2, 0) is 4.74 Å². The summed E-state index contributed by atoms with van der Waals surface area (Å²) < 4.78 is 11.3. The maximum atomic E-state index is 11.6. The lowest BCUT2D eigenvalue weighted by Crippen LogP contribution is -2.24. The quantitative estimate of drug-likeness (QED) is 0.206. The zero-order chi connectivity index (χ0) is 22.1. The summed E-state index contributed by atoms with van der Waals surface area (Å²) in [6.45, 7) is 5.15. The van der Waals surface area contributed by atoms with Gasteiger partial charge in [0.25, 0.3) is 5.69 Å². The van der Waals surface area contributed by atoms with Gasteiger partial charge in [-0.15, -0.1) is 6.58 Å². The third-order valence-electron chi connectivity index (χ3n) is 5.53. The average molecular weight is 418 g/mol. The van der Waals surface area contributed by atoms with Crippen LogP contribution in [0.5, 0.6) is 11.5 Å². The van der Waals surface area contributed by atoms with Gasteiger partial charge in [-0.2, -0.15) is 5.26 Å². The van der Waals surface area contributed by atoms with Crippen molar-refractivity contribution in [2.24, 2.45) is 11.8 Å². The molecule has 1 aliphatic rings. The van der Waals surface area contributed by atoms with Crippen LogP contribution in [0, 0.1) is 33.3 Å². The maximum absolute atomic E-state index is 11.6. The van der Waals surface area contributed by atoms with Crippen molar-refractivity contribution in [3.63, 3.8) is 0 Å². The summed E-state index contributed by atoms with van der Waals surface area (Å²) in [4.78, 5) is 11.2. The van der Waals surface area contributed by atoms with E-state index in [9.17, 15) is 15.4 Å². The molecule has 6 nitrogen and oxygen atoms in total. The molecule has 160 valence electrons. The average Bonchev–Trinajstić information content (AvgIpc) is 2.80. The fourth-order valence-electron chi connectivity index (χ4n) is 3.95. The lowest BCUT2D eigenvalue weighted by molar-refractivity contribution is -0.385. The molecule has 1 atom stereocenters. The Bertz CT molecular complexity index is 973. The Morgan fingerprint density at radius 1 is 1.26 bits per heavy atom. The summed E-state index contributed by atoms with van der Waals surface area (Å²) in [5.41, 5.74) is 0.863. The number of hydrogen-bond donors (Lipinski definition) is 0. The van der Waals surface area contributed by atoms with Crippen LogP contribution >= 0.6 is 0 Å². The van der Waals surface area contributed by atoms with E-state index in [1.54, 1.807) is 18.2 Å². The summed E-state index contributed by atoms with van der Waals surface area (Å²) in [7, 11) is 0. The molecule has 0 saturated carbocycles. The van der Waals surface area contributed by atoms with Crippen LogP contribution in [0.15, 0.2) is 66.8 Å². The second-order valence-corrected chi connectivity index (χ2v) is 7.53. The van der Waals surface area contributed by atoms with Gasteiger partial charge in [0, 0.05) is 24.9 Å². The van der Waals surface area contributed by atoms with E-state index in [4.69, 9.17) is 9.47 Å². The number of para-hydroxylation sites is 1. The Balaban J connectivity index is 1.97. The lowest BCUT2D eigenvalue weighted by Gasteiger charge is -2.30. The van der Waals surface area contributed by atoms with E-state index >= 15 is 0 Å². The van der Waals surface area contributed by atoms with E-state index in [0.717, 1.165) is 25.7 Å². The van der Waals surface area contributed by atoms with Crippen LogP contribution in [0.1, 0.15) is 31.2 Å². The van der Waals surface area contributed by atoms with Gasteiger partial charge in [0.1, 0.15) is 11.5 Å². The normalized spacial score (nSPS) is 15.6. The Morgan fingerprint density at radius 3 is 2.65 bits per heavy atom. The first kappa shape index (κ1) is 22.3. The smallest absolute Gasteiger partial charge is 0.276 e. The molecule has 1 aliphatic heterocycles. The van der Waals surface area contributed by atoms with E-state index in [1.165, 1.54) is 6.07 Å². The molecule has 2 aromatic rings. The fourth-order valence-corrected chi connectivity index (χ4v) is 3.95. The minimum Gasteiger partial charge on any atom is -0.457 e. The molecule has 0 radical (unpaired) electrons. The van der Waals surface area contributed by atoms with E-state index in [2.05, 4.69) is 12.6 Å². The Labute approximate surface area is 182 Å². The van der Waals surface area contributed by atoms with Crippen molar-refractivity contribution in [2.75, 3.05) is 13.2 Å². The first-order chi connectivity index (χ1) is 15.1. The number of rotatable bonds is 9. The summed E-state index contributed by atoms with van der Waals surface area (Å²) in [6, 6.07) is 16.2. The lowest BCUT2D eigenvalue weighted by atomic mass is 9.78. The SMILES string of the molecule is C=CCCC(/C(C#N)=C\c1cc(Oc2ccccc2)ccc1[N+](=O)[O-])C1CCOCC1. The number of allylic oxidation sites excluding steroid dienone is 2. The summed E-state index contributed by atoms with van der Waals surface area (Å²) in [6.07, 6.45) is 6.80. The largest absolute Gasteiger partial charge is 0.457 e. The summed E-state index contributed by atoms with van der Waals surface area (Å²) in [5.74, 6) is 1.43. The van der Waals surface area contributed by atoms with Crippen molar-refractivity contribution in [3.05, 3.63) is 82.4 Å². The highest BCUT2D eigenvalue weighted by Gasteiger charge is 2.27. The van der Waals surface area contributed by atoms with Crippen LogP contribution in [0.2, 0.25) is 0 Å². The predicted molar refractivity (Wildman–Crippen MR) is 120 cm³/mol. The second kappa shape index (κ2) is 11.1. The van der Waals surface area contributed by atoms with Gasteiger partial charge in [0.2, 0.25) is 0 Å². The maximum Gasteiger partial charge on any atom is 0.276 e. The molecule has 2 aromatic carbocycles. The topological polar surface area (TPSA) is 85.4 Å². The number of nitriles is 1. The van der Waals surface area contributed by atoms with Gasteiger partial charge in [0.05, 0.1) is 16.6 Å². The number of benzene rings is 2. The molecule has 31 heavy (non-hydrogen) atoms. The van der Waals surface area contributed by atoms with Crippen LogP contribution in [-0.4, -0.2) is 18.1 Å². The van der Waals surface area contributed by atoms with Gasteiger partial charge in [-0.05, 0) is 67.9 Å². The molecule has 0 aliphatic carbocycles. The number of nitro benzene ring substituents is 1. The monoisotopic (exact) mass is 418 g/mol. The molecule has 0 amide bonds. The number of ether oxygens (including phenoxy) is 2. The molecule has 1 heterocycles. The molecule has 1 saturated heterocycles. The third kappa shape index (κ3) is 6.03. The van der Waals surface area contributed by atoms with Gasteiger partial charge in [-0.1, -0.05) is 24.3 Å². The summed E-state index contributed by atoms with van der Waals surface area (Å²) in [5, 5.41) is 21.6. The van der Waals surface area contributed by atoms with Crippen molar-refractivity contribution >= 4 is 11.8 Å². The standard InChI is InChI=1S/C25H26N2O4/c1-2-3-9-24(19-12-14-30-15-13-19)21(18-26)16-20-17-23(10-11-25(20)27(28)29)31-22-7-5-4-6-8-22/h2,4-8,10-11,16-17,19,24H,1,3,9,12-15H2/b21-16-. The molecular weight excluding hydrogens is 392 g/mol. The molecule has 1 fully saturated rings. The zero-order valence-corrected chi connectivity index (χ0v) is 17.4. The van der Waals surface area contributed by atoms with Crippen molar-refractivity contribution in [1.29, 1.82) is 5.26 Å². The van der Waals surface area contributed by atoms with Gasteiger partial charge in [-0.3, -0.25) is 10.1 Å². The molecule has 1 unspecified atom stereocenters. The predicted octanol–water partition coefficient (Wildman–Crippen LogP) is 6.30. The van der Waals surface area contributed by atoms with E-state index < -0.39 is 4.92 Å². The number of nitrogens with zero attached hydrogens (tertiary/aromatic N) is 2. The minimum absolute atomic E-state index is 0.00482. The van der Waals surface area contributed by atoms with E-state index in [0.29, 0.717) is 41.8 Å². The molecule has 0 spiro atoms. The van der Waals surface area contributed by atoms with Crippen LogP contribution < -0.4 is 4.74 Å². The van der Waals surface area contributed by atoms with E-state index in [-0.39, 0.29) is 11.6 Å². The first-order valence-electron chi connectivity index (χ1n) is 10.4. The van der Waals surface area contributed by atoms with Crippen LogP contribution in [0.25, 0.3) is 6.08 Å². The molecule has 0 bridgehead atoms.